The quantitative estimate of drug-likeness (QED) is 0.0166. The summed E-state index contributed by atoms with van der Waals surface area (Å²) in [6.45, 7) is 7.32. The number of aliphatic hydroxyl groups is 6. The molecule has 540 valence electrons. The number of ether oxygens (including phenoxy) is 5. The summed E-state index contributed by atoms with van der Waals surface area (Å²) < 4.78 is 29.8. The molecule has 0 radical (unpaired) electrons. The van der Waals surface area contributed by atoms with E-state index >= 15 is 9.59 Å². The molecule has 4 unspecified atom stereocenters. The van der Waals surface area contributed by atoms with E-state index in [4.69, 9.17) is 23.7 Å². The fraction of sp³-hybridized carbons (Fsp3) is 0.632. The van der Waals surface area contributed by atoms with Crippen molar-refractivity contribution in [3.8, 4) is 5.75 Å². The molecule has 17 atom stereocenters. The third-order valence-corrected chi connectivity index (χ3v) is 24.3. The number of carbonyl (C=O) groups excluding carboxylic acids is 5. The second-order valence-electron chi connectivity index (χ2n) is 27.5. The average molecular weight is 1420 g/mol. The molecule has 8 heterocycles. The molecule has 2 amide bonds. The number of aliphatic hydroxyl groups excluding tert-OH is 4. The van der Waals surface area contributed by atoms with Crippen LogP contribution in [0.3, 0.4) is 0 Å². The monoisotopic (exact) mass is 1420 g/mol. The number of fused-ring (bicyclic) bond motifs is 6. The predicted molar refractivity (Wildman–Crippen MR) is 360 cm³/mol. The minimum Gasteiger partial charge on any atom is -0.496 e. The summed E-state index contributed by atoms with van der Waals surface area (Å²) in [5, 5.41) is 103. The molecular weight excluding hydrogens is 1330 g/mol. The van der Waals surface area contributed by atoms with Gasteiger partial charge in [-0.05, 0) is 80.7 Å². The van der Waals surface area contributed by atoms with Crippen LogP contribution in [0.25, 0.3) is 10.9 Å². The number of benzene rings is 2. The van der Waals surface area contributed by atoms with Gasteiger partial charge < -0.3 is 85.1 Å². The minimum absolute atomic E-state index is 0.0324. The maximum atomic E-state index is 15.6. The predicted octanol–water partition coefficient (Wildman–Crippen LogP) is 1.61. The highest BCUT2D eigenvalue weighted by Crippen LogP contribution is 2.68. The second-order valence-corrected chi connectivity index (χ2v) is 30.1. The standard InChI is InChI=1S/C68H91N9O20S2/c1-7-13-50(80)70-45(27-39-34-77(73-72-39)22-23-95-58-53(83)51(81)52(82)54(97-58)57(86)87)47(78)26-38(56(84)85)35-99-98-25-24-96-63(90)69-32-49(79)68(92)60-66(18-21-76-19-12-17-65(9-3,59(66)76)61(68)88)42-28-43(48(93-5)29-46(42)74(60)4)67(62(89)94-6)31-37-30-64(91,8-2)36-75(33-37)20-16-41-40-14-10-11-15-44(40)71-55(41)67/h10-12,14-15,17,28-29,34,37-38,45,51-54,58-61,71,81-83,88,91-92H,7-9,13,16,18-27,30-33,35-36H2,1-6H3,(H,69,90)(H,70,80)(H,84,85)(H,86,87)/t37-,38-,45+,51+,52?,53+,54?,58?,59+,60-,61-,64+,65-,66-,67+,68+/m1/s1. The smallest absolute Gasteiger partial charge is 0.407 e. The van der Waals surface area contributed by atoms with Crippen LogP contribution in [0.1, 0.15) is 100 Å². The van der Waals surface area contributed by atoms with Gasteiger partial charge in [-0.2, -0.15) is 0 Å². The first-order valence-corrected chi connectivity index (χ1v) is 36.4. The van der Waals surface area contributed by atoms with Crippen LogP contribution in [0.5, 0.6) is 5.75 Å². The van der Waals surface area contributed by atoms with Crippen LogP contribution in [-0.2, 0) is 77.9 Å². The third-order valence-electron chi connectivity index (χ3n) is 21.8. The van der Waals surface area contributed by atoms with Gasteiger partial charge in [0.1, 0.15) is 42.2 Å². The topological polar surface area (TPSA) is 408 Å². The van der Waals surface area contributed by atoms with Gasteiger partial charge in [0, 0.05) is 121 Å². The number of esters is 1. The lowest BCUT2D eigenvalue weighted by molar-refractivity contribution is -0.294. The number of aliphatic carboxylic acids is 2. The Morgan fingerprint density at radius 2 is 1.70 bits per heavy atom. The maximum Gasteiger partial charge on any atom is 0.407 e. The molecule has 7 aliphatic rings. The molecule has 2 bridgehead atoms. The Labute approximate surface area is 580 Å². The molecule has 2 aromatic carbocycles. The van der Waals surface area contributed by atoms with Crippen molar-refractivity contribution in [1.82, 2.24) is 40.4 Å². The van der Waals surface area contributed by atoms with Gasteiger partial charge in [0.2, 0.25) is 5.91 Å². The van der Waals surface area contributed by atoms with Crippen LogP contribution < -0.4 is 20.3 Å². The molecule has 31 heteroatoms. The Hall–Kier alpha value is -6.75. The van der Waals surface area contributed by atoms with E-state index in [1.807, 2.05) is 67.3 Å². The second kappa shape index (κ2) is 29.7. The van der Waals surface area contributed by atoms with Crippen LogP contribution in [0.4, 0.5) is 10.5 Å². The number of carbonyl (C=O) groups is 7. The molecule has 2 aromatic heterocycles. The van der Waals surface area contributed by atoms with Crippen molar-refractivity contribution in [2.45, 2.75) is 168 Å². The summed E-state index contributed by atoms with van der Waals surface area (Å²) in [7, 11) is 6.99. The van der Waals surface area contributed by atoms with Crippen molar-refractivity contribution >= 4 is 79.7 Å². The lowest BCUT2D eigenvalue weighted by Crippen LogP contribution is -2.81. The van der Waals surface area contributed by atoms with E-state index < -0.39 is 143 Å². The lowest BCUT2D eigenvalue weighted by atomic mass is 9.47. The van der Waals surface area contributed by atoms with E-state index in [1.165, 1.54) is 28.8 Å². The van der Waals surface area contributed by atoms with Gasteiger partial charge in [-0.25, -0.2) is 14.3 Å². The van der Waals surface area contributed by atoms with E-state index in [0.717, 1.165) is 32.8 Å². The van der Waals surface area contributed by atoms with Crippen molar-refractivity contribution in [2.24, 2.45) is 17.3 Å². The van der Waals surface area contributed by atoms with Gasteiger partial charge in [-0.1, -0.05) is 77.9 Å². The fourth-order valence-corrected chi connectivity index (χ4v) is 19.5. The van der Waals surface area contributed by atoms with Crippen molar-refractivity contribution in [3.05, 3.63) is 82.8 Å². The number of piperidine rings is 1. The number of aromatic amines is 1. The van der Waals surface area contributed by atoms with Crippen molar-refractivity contribution in [1.29, 1.82) is 0 Å². The van der Waals surface area contributed by atoms with Crippen LogP contribution >= 0.6 is 21.6 Å². The molecule has 3 saturated heterocycles. The summed E-state index contributed by atoms with van der Waals surface area (Å²) in [5.41, 5.74) is -2.78. The SMILES string of the molecule is CCCC(=O)N[C@@H](Cc1cn(CCOC2OC(C(=O)O)C(O)[C@H](O)[C@@H]2O)nn1)C(=O)C[C@H](CSSCCOC(=O)NCC(=O)[C@@]1(O)[C@H](O)[C@]2(CC)C=CCN3CC[C@@]4(c5cc([C@@]6(C(=O)OC)C[C@@H]7CN(CCc8c6[nH]c6ccccc86)C[C@](O)(CC)C7)c(OC)cc5N(C)[C@@H]14)[C@@H]32)C(=O)O. The number of ketones is 2. The van der Waals surface area contributed by atoms with E-state index in [-0.39, 0.29) is 62.1 Å². The molecule has 11 rings (SSSR count). The Bertz CT molecular complexity index is 3730. The number of carboxylic acids is 2. The summed E-state index contributed by atoms with van der Waals surface area (Å²) in [6, 6.07) is 9.09. The molecule has 11 N–H and O–H groups in total. The Kier molecular flexibility index (Phi) is 22.0. The zero-order chi connectivity index (χ0) is 71.1. The number of nitrogens with zero attached hydrogens (tertiary/aromatic N) is 6. The number of carboxylic acid groups (broad SMARTS) is 2. The van der Waals surface area contributed by atoms with Gasteiger partial charge in [-0.3, -0.25) is 33.8 Å². The summed E-state index contributed by atoms with van der Waals surface area (Å²) in [6.07, 6.45) is -3.91. The number of aromatic nitrogens is 4. The van der Waals surface area contributed by atoms with Crippen LogP contribution in [0, 0.1) is 17.3 Å². The normalized spacial score (nSPS) is 32.0. The number of hydrogen-bond donors (Lipinski definition) is 11. The molecule has 1 spiro atoms. The van der Waals surface area contributed by atoms with Gasteiger partial charge in [0.15, 0.2) is 29.6 Å². The van der Waals surface area contributed by atoms with E-state index in [0.29, 0.717) is 93.9 Å². The average Bonchev–Trinajstić information content (AvgIpc) is 1.50. The Balaban J connectivity index is 0.765. The van der Waals surface area contributed by atoms with Gasteiger partial charge >= 0.3 is 24.0 Å². The van der Waals surface area contributed by atoms with Crippen LogP contribution in [0.15, 0.2) is 54.7 Å². The number of alkyl carbamates (subject to hydrolysis) is 1. The number of anilines is 1. The van der Waals surface area contributed by atoms with Gasteiger partial charge in [-0.15, -0.1) is 5.10 Å². The van der Waals surface area contributed by atoms with Crippen molar-refractivity contribution in [2.75, 3.05) is 90.2 Å². The first-order valence-electron chi connectivity index (χ1n) is 33.9. The zero-order valence-corrected chi connectivity index (χ0v) is 58.0. The first kappa shape index (κ1) is 73.5. The fourth-order valence-electron chi connectivity index (χ4n) is 17.3. The number of nitrogens with one attached hydrogen (secondary N) is 3. The Morgan fingerprint density at radius 3 is 2.41 bits per heavy atom. The molecule has 1 saturated carbocycles. The van der Waals surface area contributed by atoms with Crippen LogP contribution in [0.2, 0.25) is 0 Å². The number of rotatable bonds is 28. The van der Waals surface area contributed by atoms with Crippen molar-refractivity contribution in [3.63, 3.8) is 0 Å². The number of H-pyrrole nitrogens is 1. The van der Waals surface area contributed by atoms with E-state index in [1.54, 1.807) is 21.1 Å². The summed E-state index contributed by atoms with van der Waals surface area (Å²) in [5.74, 6) is -6.23. The van der Waals surface area contributed by atoms with Crippen LogP contribution in [-0.4, -0.2) is 263 Å². The number of Topliss-reactive ketones (excluding diaryl/α,β-unsaturated/α-hetero) is 2. The number of amides is 2. The first-order chi connectivity index (χ1) is 47.3. The molecule has 99 heavy (non-hydrogen) atoms. The largest absolute Gasteiger partial charge is 0.496 e. The number of para-hydroxylation sites is 1. The lowest BCUT2D eigenvalue weighted by Gasteiger charge is -2.63. The highest BCUT2D eigenvalue weighted by molar-refractivity contribution is 8.76. The maximum absolute atomic E-state index is 15.6. The van der Waals surface area contributed by atoms with Gasteiger partial charge in [0.25, 0.3) is 0 Å². The summed E-state index contributed by atoms with van der Waals surface area (Å²) >= 11 is 0. The molecule has 4 fully saturated rings. The van der Waals surface area contributed by atoms with E-state index in [2.05, 4.69) is 35.7 Å². The molecule has 4 aromatic rings. The third kappa shape index (κ3) is 13.4. The number of likely N-dealkylation sites (N-methyl/N-ethyl adjacent to an activating group) is 1. The zero-order valence-electron chi connectivity index (χ0n) is 56.4. The number of hydrogen-bond acceptors (Lipinski definition) is 25. The Morgan fingerprint density at radius 1 is 0.919 bits per heavy atom. The number of methoxy groups -OCH3 is 2. The highest BCUT2D eigenvalue weighted by Gasteiger charge is 2.78. The van der Waals surface area contributed by atoms with Gasteiger partial charge in [0.05, 0.1) is 63.2 Å². The molecule has 29 nitrogen and oxygen atoms in total. The molecular formula is C68H91N9O20S2. The van der Waals surface area contributed by atoms with E-state index in [9.17, 15) is 64.8 Å². The minimum atomic E-state index is -2.54. The molecule has 1 aliphatic carbocycles. The molecule has 6 aliphatic heterocycles. The van der Waals surface area contributed by atoms with Crippen molar-refractivity contribution < 1.29 is 98.1 Å². The highest BCUT2D eigenvalue weighted by atomic mass is 33.1. The summed E-state index contributed by atoms with van der Waals surface area (Å²) in [4.78, 5) is 105.